The molecule has 0 amide bonds. The van der Waals surface area contributed by atoms with Gasteiger partial charge < -0.3 is 5.11 Å². The predicted octanol–water partition coefficient (Wildman–Crippen LogP) is 1.92. The molecule has 0 aromatic heterocycles. The summed E-state index contributed by atoms with van der Waals surface area (Å²) in [5.41, 5.74) is 0.224. The fourth-order valence-electron chi connectivity index (χ4n) is 2.05. The van der Waals surface area contributed by atoms with E-state index in [0.717, 1.165) is 25.7 Å². The number of aromatic hydroxyl groups is 1. The first-order valence-electron chi connectivity index (χ1n) is 6.15. The number of phenolic OH excluding ortho intramolecular Hbond substituents is 1. The number of benzene rings is 1. The molecule has 0 atom stereocenters. The van der Waals surface area contributed by atoms with E-state index in [2.05, 4.69) is 4.72 Å². The number of anilines is 1. The lowest BCUT2D eigenvalue weighted by molar-refractivity contribution is 0.427. The van der Waals surface area contributed by atoms with Crippen molar-refractivity contribution < 1.29 is 13.5 Å². The van der Waals surface area contributed by atoms with E-state index < -0.39 is 10.2 Å². The van der Waals surface area contributed by atoms with Crippen molar-refractivity contribution in [2.24, 2.45) is 0 Å². The Kier molecular flexibility index (Phi) is 4.08. The van der Waals surface area contributed by atoms with Crippen molar-refractivity contribution in [1.29, 1.82) is 0 Å². The molecule has 1 aromatic rings. The Labute approximate surface area is 108 Å². The van der Waals surface area contributed by atoms with Crippen molar-refractivity contribution in [3.05, 3.63) is 24.3 Å². The Morgan fingerprint density at radius 1 is 1.06 bits per heavy atom. The fourth-order valence-corrected chi connectivity index (χ4v) is 3.36. The molecule has 1 aliphatic rings. The first kappa shape index (κ1) is 13.2. The Morgan fingerprint density at radius 2 is 1.67 bits per heavy atom. The normalized spacial score (nSPS) is 18.2. The molecule has 6 heteroatoms. The summed E-state index contributed by atoms with van der Waals surface area (Å²) in [4.78, 5) is 0. The molecule has 2 N–H and O–H groups in total. The number of hydrogen-bond donors (Lipinski definition) is 2. The van der Waals surface area contributed by atoms with Crippen LogP contribution in [-0.4, -0.2) is 30.9 Å². The van der Waals surface area contributed by atoms with Crippen LogP contribution in [0.1, 0.15) is 25.7 Å². The van der Waals surface area contributed by atoms with Gasteiger partial charge in [-0.2, -0.15) is 12.7 Å². The van der Waals surface area contributed by atoms with Crippen LogP contribution in [0.2, 0.25) is 0 Å². The lowest BCUT2D eigenvalue weighted by Crippen LogP contribution is -2.36. The number of nitrogens with one attached hydrogen (secondary N) is 1. The van der Waals surface area contributed by atoms with Gasteiger partial charge >= 0.3 is 10.2 Å². The lowest BCUT2D eigenvalue weighted by Gasteiger charge is -2.21. The minimum atomic E-state index is -3.56. The average molecular weight is 270 g/mol. The molecule has 1 aromatic carbocycles. The van der Waals surface area contributed by atoms with Gasteiger partial charge in [-0.3, -0.25) is 4.72 Å². The number of para-hydroxylation sites is 2. The largest absolute Gasteiger partial charge is 0.506 e. The molecule has 1 saturated heterocycles. The molecule has 2 rings (SSSR count). The van der Waals surface area contributed by atoms with Crippen molar-refractivity contribution in [1.82, 2.24) is 4.31 Å². The molecule has 0 radical (unpaired) electrons. The van der Waals surface area contributed by atoms with E-state index in [1.165, 1.54) is 10.4 Å². The van der Waals surface area contributed by atoms with Gasteiger partial charge in [0.05, 0.1) is 5.69 Å². The third-order valence-corrected chi connectivity index (χ3v) is 4.57. The van der Waals surface area contributed by atoms with Crippen LogP contribution in [0.3, 0.4) is 0 Å². The van der Waals surface area contributed by atoms with Gasteiger partial charge in [0.1, 0.15) is 5.75 Å². The van der Waals surface area contributed by atoms with E-state index in [1.807, 2.05) is 0 Å². The zero-order chi connectivity index (χ0) is 13.0. The van der Waals surface area contributed by atoms with Crippen LogP contribution < -0.4 is 4.72 Å². The molecule has 0 spiro atoms. The van der Waals surface area contributed by atoms with Crippen LogP contribution >= 0.6 is 0 Å². The zero-order valence-electron chi connectivity index (χ0n) is 10.2. The average Bonchev–Trinajstić information content (AvgIpc) is 2.61. The molecule has 100 valence electrons. The van der Waals surface area contributed by atoms with E-state index >= 15 is 0 Å². The summed E-state index contributed by atoms with van der Waals surface area (Å²) in [7, 11) is -3.56. The van der Waals surface area contributed by atoms with Gasteiger partial charge in [-0.05, 0) is 25.0 Å². The van der Waals surface area contributed by atoms with E-state index in [4.69, 9.17) is 0 Å². The van der Waals surface area contributed by atoms with E-state index in [0.29, 0.717) is 13.1 Å². The number of phenols is 1. The van der Waals surface area contributed by atoms with Crippen LogP contribution in [0.15, 0.2) is 24.3 Å². The SMILES string of the molecule is O=S(=O)(Nc1ccccc1O)N1CCCCCC1. The maximum atomic E-state index is 12.2. The first-order chi connectivity index (χ1) is 8.59. The molecular formula is C12H18N2O3S. The summed E-state index contributed by atoms with van der Waals surface area (Å²) >= 11 is 0. The van der Waals surface area contributed by atoms with Gasteiger partial charge in [0.25, 0.3) is 0 Å². The van der Waals surface area contributed by atoms with Gasteiger partial charge in [0.2, 0.25) is 0 Å². The van der Waals surface area contributed by atoms with Crippen LogP contribution in [0.25, 0.3) is 0 Å². The molecule has 0 bridgehead atoms. The Hall–Kier alpha value is -1.27. The van der Waals surface area contributed by atoms with Crippen molar-refractivity contribution in [2.45, 2.75) is 25.7 Å². The van der Waals surface area contributed by atoms with Crippen LogP contribution in [0, 0.1) is 0 Å². The summed E-state index contributed by atoms with van der Waals surface area (Å²) < 4.78 is 28.2. The van der Waals surface area contributed by atoms with Gasteiger partial charge in [-0.25, -0.2) is 0 Å². The highest BCUT2D eigenvalue weighted by Crippen LogP contribution is 2.24. The first-order valence-corrected chi connectivity index (χ1v) is 7.59. The Bertz CT molecular complexity index is 494. The van der Waals surface area contributed by atoms with E-state index in [-0.39, 0.29) is 11.4 Å². The van der Waals surface area contributed by atoms with Crippen molar-refractivity contribution in [3.63, 3.8) is 0 Å². The highest BCUT2D eigenvalue weighted by molar-refractivity contribution is 7.90. The molecule has 5 nitrogen and oxygen atoms in total. The monoisotopic (exact) mass is 270 g/mol. The standard InChI is InChI=1S/C12H18N2O3S/c15-12-8-4-3-7-11(12)13-18(16,17)14-9-5-1-2-6-10-14/h3-4,7-8,13,15H,1-2,5-6,9-10H2. The van der Waals surface area contributed by atoms with Crippen LogP contribution in [-0.2, 0) is 10.2 Å². The third-order valence-electron chi connectivity index (χ3n) is 3.05. The van der Waals surface area contributed by atoms with Gasteiger partial charge in [-0.1, -0.05) is 25.0 Å². The van der Waals surface area contributed by atoms with Crippen molar-refractivity contribution in [3.8, 4) is 5.75 Å². The second kappa shape index (κ2) is 5.58. The highest BCUT2D eigenvalue weighted by Gasteiger charge is 2.23. The maximum Gasteiger partial charge on any atom is 0.301 e. The molecule has 0 saturated carbocycles. The highest BCUT2D eigenvalue weighted by atomic mass is 32.2. The summed E-state index contributed by atoms with van der Waals surface area (Å²) in [5.74, 6) is -0.0594. The molecule has 1 aliphatic heterocycles. The molecule has 18 heavy (non-hydrogen) atoms. The zero-order valence-corrected chi connectivity index (χ0v) is 11.0. The van der Waals surface area contributed by atoms with Crippen molar-refractivity contribution >= 4 is 15.9 Å². The minimum Gasteiger partial charge on any atom is -0.506 e. The van der Waals surface area contributed by atoms with E-state index in [9.17, 15) is 13.5 Å². The molecule has 1 heterocycles. The molecule has 1 fully saturated rings. The number of hydrogen-bond acceptors (Lipinski definition) is 3. The third kappa shape index (κ3) is 3.14. The summed E-state index contributed by atoms with van der Waals surface area (Å²) in [5, 5.41) is 9.58. The number of nitrogens with zero attached hydrogens (tertiary/aromatic N) is 1. The van der Waals surface area contributed by atoms with E-state index in [1.54, 1.807) is 18.2 Å². The number of rotatable bonds is 3. The minimum absolute atomic E-state index is 0.0594. The summed E-state index contributed by atoms with van der Waals surface area (Å²) in [6, 6.07) is 6.34. The van der Waals surface area contributed by atoms with Crippen LogP contribution in [0.4, 0.5) is 5.69 Å². The Morgan fingerprint density at radius 3 is 2.28 bits per heavy atom. The Balaban J connectivity index is 2.13. The second-order valence-electron chi connectivity index (χ2n) is 4.44. The van der Waals surface area contributed by atoms with Gasteiger partial charge in [0, 0.05) is 13.1 Å². The summed E-state index contributed by atoms with van der Waals surface area (Å²) in [6.07, 6.45) is 3.93. The van der Waals surface area contributed by atoms with Crippen molar-refractivity contribution in [2.75, 3.05) is 17.8 Å². The quantitative estimate of drug-likeness (QED) is 0.824. The van der Waals surface area contributed by atoms with Gasteiger partial charge in [0.15, 0.2) is 0 Å². The predicted molar refractivity (Wildman–Crippen MR) is 70.7 cm³/mol. The maximum absolute atomic E-state index is 12.2. The smallest absolute Gasteiger partial charge is 0.301 e. The second-order valence-corrected chi connectivity index (χ2v) is 6.11. The summed E-state index contributed by atoms with van der Waals surface area (Å²) in [6.45, 7) is 1.09. The molecule has 0 unspecified atom stereocenters. The fraction of sp³-hybridized carbons (Fsp3) is 0.500. The molecule has 0 aliphatic carbocycles. The lowest BCUT2D eigenvalue weighted by atomic mass is 10.2. The molecular weight excluding hydrogens is 252 g/mol. The van der Waals surface area contributed by atoms with Gasteiger partial charge in [-0.15, -0.1) is 0 Å². The topological polar surface area (TPSA) is 69.6 Å². The van der Waals surface area contributed by atoms with Crippen LogP contribution in [0.5, 0.6) is 5.75 Å².